The van der Waals surface area contributed by atoms with E-state index in [4.69, 9.17) is 9.05 Å². The maximum absolute atomic E-state index is 12.7. The van der Waals surface area contributed by atoms with Gasteiger partial charge in [0, 0.05) is 6.42 Å². The first kappa shape index (κ1) is 43.2. The standard InChI is InChI=1S/C36H65N2O6P/c1-6-8-10-12-14-16-18-19-20-22-24-26-28-30-36(40)37-34(33-44-45(41,42)43-32-31-38(3,4)5)35(39)29-27-25-23-21-17-15-13-11-9-7-2/h8,10,14,16,19-20,24,26-27,29,34-35,39H,6-7,9,11-13,15,17-18,21-23,25,28,30-33H2,1-5H3,(H-,37,40,41,42)/b10-8-,16-14-,20-19-,26-24-,29-27+. The lowest BCUT2D eigenvalue weighted by Gasteiger charge is -2.29. The summed E-state index contributed by atoms with van der Waals surface area (Å²) in [4.78, 5) is 25.0. The van der Waals surface area contributed by atoms with Crippen molar-refractivity contribution in [2.45, 2.75) is 122 Å². The van der Waals surface area contributed by atoms with Crippen LogP contribution in [0.25, 0.3) is 0 Å². The number of likely N-dealkylation sites (N-methyl/N-ethyl adjacent to an activating group) is 1. The van der Waals surface area contributed by atoms with Crippen LogP contribution in [0.15, 0.2) is 60.8 Å². The predicted octanol–water partition coefficient (Wildman–Crippen LogP) is 7.71. The molecule has 0 aliphatic heterocycles. The molecule has 0 saturated heterocycles. The number of rotatable bonds is 29. The van der Waals surface area contributed by atoms with Crippen molar-refractivity contribution >= 4 is 13.7 Å². The number of carbonyl (C=O) groups is 1. The smallest absolute Gasteiger partial charge is 0.268 e. The van der Waals surface area contributed by atoms with Crippen molar-refractivity contribution in [2.24, 2.45) is 0 Å². The molecule has 45 heavy (non-hydrogen) atoms. The predicted molar refractivity (Wildman–Crippen MR) is 187 cm³/mol. The monoisotopic (exact) mass is 652 g/mol. The molecular weight excluding hydrogens is 587 g/mol. The third kappa shape index (κ3) is 30.6. The second-order valence-electron chi connectivity index (χ2n) is 12.5. The SMILES string of the molecule is CC/C=C\C/C=C\C/C=C\C/C=C\CCC(=O)NC(COP(=O)([O-])OCC[N+](C)(C)C)C(O)/C=C/CCCCCCCCCC. The molecule has 0 aliphatic carbocycles. The normalized spacial score (nSPS) is 15.6. The van der Waals surface area contributed by atoms with E-state index in [2.05, 4.69) is 55.6 Å². The average molecular weight is 653 g/mol. The van der Waals surface area contributed by atoms with Crippen molar-refractivity contribution in [3.05, 3.63) is 60.8 Å². The number of carbonyl (C=O) groups excluding carboxylic acids is 1. The molecule has 8 nitrogen and oxygen atoms in total. The van der Waals surface area contributed by atoms with Crippen molar-refractivity contribution in [2.75, 3.05) is 40.9 Å². The molecule has 1 amide bonds. The molecule has 9 heteroatoms. The van der Waals surface area contributed by atoms with E-state index >= 15 is 0 Å². The van der Waals surface area contributed by atoms with Crippen LogP contribution in [0.1, 0.15) is 110 Å². The molecule has 0 heterocycles. The van der Waals surface area contributed by atoms with E-state index in [9.17, 15) is 19.4 Å². The van der Waals surface area contributed by atoms with Gasteiger partial charge in [-0.3, -0.25) is 9.36 Å². The van der Waals surface area contributed by atoms with E-state index in [1.165, 1.54) is 38.5 Å². The lowest BCUT2D eigenvalue weighted by Crippen LogP contribution is -2.45. The highest BCUT2D eigenvalue weighted by atomic mass is 31.2. The number of phosphoric ester groups is 1. The summed E-state index contributed by atoms with van der Waals surface area (Å²) in [5.41, 5.74) is 0. The molecule has 0 aromatic rings. The molecule has 2 N–H and O–H groups in total. The Balaban J connectivity index is 4.76. The van der Waals surface area contributed by atoms with Crippen LogP contribution < -0.4 is 10.2 Å². The maximum Gasteiger partial charge on any atom is 0.268 e. The molecule has 0 aromatic heterocycles. The Kier molecular flexibility index (Phi) is 27.3. The number of aliphatic hydroxyl groups excluding tert-OH is 1. The number of aliphatic hydroxyl groups is 1. The van der Waals surface area contributed by atoms with Gasteiger partial charge in [-0.1, -0.05) is 120 Å². The molecule has 3 atom stereocenters. The van der Waals surface area contributed by atoms with Crippen LogP contribution in [0.4, 0.5) is 0 Å². The second kappa shape index (κ2) is 28.4. The number of nitrogens with zero attached hydrogens (tertiary/aromatic N) is 1. The topological polar surface area (TPSA) is 108 Å². The van der Waals surface area contributed by atoms with Gasteiger partial charge in [0.15, 0.2) is 0 Å². The zero-order chi connectivity index (χ0) is 33.7. The highest BCUT2D eigenvalue weighted by Gasteiger charge is 2.23. The molecule has 0 bridgehead atoms. The van der Waals surface area contributed by atoms with E-state index in [0.29, 0.717) is 17.4 Å². The van der Waals surface area contributed by atoms with E-state index in [0.717, 1.165) is 44.9 Å². The summed E-state index contributed by atoms with van der Waals surface area (Å²) in [6.45, 7) is 4.40. The summed E-state index contributed by atoms with van der Waals surface area (Å²) in [6.07, 6.45) is 34.3. The number of hydrogen-bond donors (Lipinski definition) is 2. The van der Waals surface area contributed by atoms with E-state index in [1.807, 2.05) is 39.4 Å². The number of amides is 1. The van der Waals surface area contributed by atoms with Gasteiger partial charge in [0.2, 0.25) is 5.91 Å². The number of quaternary nitrogens is 1. The molecule has 0 rings (SSSR count). The molecule has 0 aliphatic rings. The minimum absolute atomic E-state index is 0.0166. The number of hydrogen-bond acceptors (Lipinski definition) is 6. The van der Waals surface area contributed by atoms with Crippen LogP contribution in [-0.2, 0) is 18.4 Å². The fourth-order valence-corrected chi connectivity index (χ4v) is 4.94. The van der Waals surface area contributed by atoms with Crippen molar-refractivity contribution in [3.63, 3.8) is 0 Å². The Hall–Kier alpha value is -1.80. The van der Waals surface area contributed by atoms with Crippen LogP contribution in [0.3, 0.4) is 0 Å². The van der Waals surface area contributed by atoms with Gasteiger partial charge in [-0.05, 0) is 44.9 Å². The third-order valence-electron chi connectivity index (χ3n) is 7.00. The highest BCUT2D eigenvalue weighted by Crippen LogP contribution is 2.38. The molecule has 0 radical (unpaired) electrons. The zero-order valence-corrected chi connectivity index (χ0v) is 29.9. The molecule has 0 fully saturated rings. The van der Waals surface area contributed by atoms with Gasteiger partial charge in [-0.15, -0.1) is 0 Å². The highest BCUT2D eigenvalue weighted by molar-refractivity contribution is 7.45. The quantitative estimate of drug-likeness (QED) is 0.0371. The first-order chi connectivity index (χ1) is 21.5. The van der Waals surface area contributed by atoms with Gasteiger partial charge in [0.05, 0.1) is 39.9 Å². The molecule has 260 valence electrons. The lowest BCUT2D eigenvalue weighted by atomic mass is 10.1. The Bertz CT molecular complexity index is 923. The average Bonchev–Trinajstić information content (AvgIpc) is 2.97. The van der Waals surface area contributed by atoms with Crippen molar-refractivity contribution in [1.29, 1.82) is 0 Å². The summed E-state index contributed by atoms with van der Waals surface area (Å²) in [6, 6.07) is -0.922. The Morgan fingerprint density at radius 2 is 1.36 bits per heavy atom. The fraction of sp³-hybridized carbons (Fsp3) is 0.694. The van der Waals surface area contributed by atoms with Crippen LogP contribution in [0, 0.1) is 0 Å². The van der Waals surface area contributed by atoms with Gasteiger partial charge < -0.3 is 28.8 Å². The van der Waals surface area contributed by atoms with Gasteiger partial charge in [0.25, 0.3) is 7.82 Å². The minimum atomic E-state index is -4.59. The molecular formula is C36H65N2O6P. The van der Waals surface area contributed by atoms with E-state index in [1.54, 1.807) is 6.08 Å². The van der Waals surface area contributed by atoms with Crippen LogP contribution >= 0.6 is 7.82 Å². The third-order valence-corrected chi connectivity index (χ3v) is 7.96. The molecule has 0 spiro atoms. The second-order valence-corrected chi connectivity index (χ2v) is 13.9. The maximum atomic E-state index is 12.7. The van der Waals surface area contributed by atoms with Crippen molar-refractivity contribution in [3.8, 4) is 0 Å². The molecule has 0 aromatic carbocycles. The Morgan fingerprint density at radius 3 is 1.93 bits per heavy atom. The van der Waals surface area contributed by atoms with E-state index in [-0.39, 0.29) is 18.9 Å². The lowest BCUT2D eigenvalue weighted by molar-refractivity contribution is -0.870. The first-order valence-corrected chi connectivity index (χ1v) is 18.6. The van der Waals surface area contributed by atoms with Crippen LogP contribution in [-0.4, -0.2) is 68.5 Å². The Labute approximate surface area is 275 Å². The van der Waals surface area contributed by atoms with E-state index < -0.39 is 26.6 Å². The van der Waals surface area contributed by atoms with Crippen molar-refractivity contribution in [1.82, 2.24) is 5.32 Å². The summed E-state index contributed by atoms with van der Waals surface area (Å²) >= 11 is 0. The largest absolute Gasteiger partial charge is 0.756 e. The van der Waals surface area contributed by atoms with Gasteiger partial charge in [-0.25, -0.2) is 0 Å². The molecule has 0 saturated carbocycles. The Morgan fingerprint density at radius 1 is 0.800 bits per heavy atom. The number of phosphoric acid groups is 1. The van der Waals surface area contributed by atoms with Gasteiger partial charge in [-0.2, -0.15) is 0 Å². The number of nitrogens with one attached hydrogen (secondary N) is 1. The number of allylic oxidation sites excluding steroid dienone is 9. The number of unbranched alkanes of at least 4 members (excludes halogenated alkanes) is 8. The fourth-order valence-electron chi connectivity index (χ4n) is 4.22. The summed E-state index contributed by atoms with van der Waals surface area (Å²) in [5.74, 6) is -0.284. The summed E-state index contributed by atoms with van der Waals surface area (Å²) in [7, 11) is 1.20. The minimum Gasteiger partial charge on any atom is -0.756 e. The first-order valence-electron chi connectivity index (χ1n) is 17.2. The van der Waals surface area contributed by atoms with Gasteiger partial charge >= 0.3 is 0 Å². The van der Waals surface area contributed by atoms with Gasteiger partial charge in [0.1, 0.15) is 13.2 Å². The van der Waals surface area contributed by atoms with Crippen LogP contribution in [0.2, 0.25) is 0 Å². The summed E-state index contributed by atoms with van der Waals surface area (Å²) < 4.78 is 22.9. The van der Waals surface area contributed by atoms with Crippen molar-refractivity contribution < 1.29 is 32.9 Å². The summed E-state index contributed by atoms with van der Waals surface area (Å²) in [5, 5.41) is 13.6. The molecule has 3 unspecified atom stereocenters. The van der Waals surface area contributed by atoms with Crippen LogP contribution in [0.5, 0.6) is 0 Å². The zero-order valence-electron chi connectivity index (χ0n) is 29.0.